The molecule has 34 heavy (non-hydrogen) atoms. The summed E-state index contributed by atoms with van der Waals surface area (Å²) in [6.07, 6.45) is 1.15. The van der Waals surface area contributed by atoms with Gasteiger partial charge in [-0.25, -0.2) is 13.2 Å². The lowest BCUT2D eigenvalue weighted by molar-refractivity contribution is 0.0952. The first-order valence-corrected chi connectivity index (χ1v) is 12.3. The Balaban J connectivity index is 1.76. The van der Waals surface area contributed by atoms with Gasteiger partial charge in [-0.1, -0.05) is 23.7 Å². The van der Waals surface area contributed by atoms with Crippen LogP contribution >= 0.6 is 11.6 Å². The van der Waals surface area contributed by atoms with Crippen molar-refractivity contribution in [3.63, 3.8) is 0 Å². The molecule has 13 nitrogen and oxygen atoms in total. The number of aliphatic hydroxyl groups excluding tert-OH is 1. The predicted octanol–water partition coefficient (Wildman–Crippen LogP) is -1.26. The van der Waals surface area contributed by atoms with E-state index in [1.54, 1.807) is 24.3 Å². The summed E-state index contributed by atoms with van der Waals surface area (Å²) in [6, 6.07) is 6.61. The van der Waals surface area contributed by atoms with E-state index in [0.29, 0.717) is 10.6 Å². The maximum atomic E-state index is 12.5. The van der Waals surface area contributed by atoms with Crippen LogP contribution in [0.4, 0.5) is 0 Å². The number of nitrogens with one attached hydrogen (secondary N) is 1. The van der Waals surface area contributed by atoms with E-state index < -0.39 is 33.1 Å². The van der Waals surface area contributed by atoms with Crippen molar-refractivity contribution in [3.05, 3.63) is 73.3 Å². The fourth-order valence-electron chi connectivity index (χ4n) is 2.96. The number of carbonyl (C=O) groups is 1. The quantitative estimate of drug-likeness (QED) is 0.356. The first-order chi connectivity index (χ1) is 15.9. The van der Waals surface area contributed by atoms with Crippen molar-refractivity contribution in [1.29, 1.82) is 0 Å². The lowest BCUT2D eigenvalue weighted by atomic mass is 10.1. The maximum absolute atomic E-state index is 12.5. The van der Waals surface area contributed by atoms with Gasteiger partial charge in [0.2, 0.25) is 0 Å². The molecule has 0 saturated carbocycles. The van der Waals surface area contributed by atoms with Crippen LogP contribution in [0.2, 0.25) is 5.02 Å². The Morgan fingerprint density at radius 2 is 1.91 bits per heavy atom. The third-order valence-corrected chi connectivity index (χ3v) is 5.95. The number of nitrogens with zero attached hydrogens (tertiary/aromatic N) is 6. The minimum absolute atomic E-state index is 0.00913. The van der Waals surface area contributed by atoms with Gasteiger partial charge in [0.05, 0.1) is 18.8 Å². The van der Waals surface area contributed by atoms with Crippen LogP contribution in [0, 0.1) is 0 Å². The maximum Gasteiger partial charge on any atom is 0.331 e. The molecule has 3 aromatic rings. The van der Waals surface area contributed by atoms with Crippen LogP contribution in [0.3, 0.4) is 0 Å². The molecule has 3 rings (SSSR count). The number of benzene rings is 1. The van der Waals surface area contributed by atoms with Crippen molar-refractivity contribution in [2.75, 3.05) is 18.6 Å². The number of rotatable bonds is 9. The smallest absolute Gasteiger partial charge is 0.331 e. The number of hydrogen-bond acceptors (Lipinski definition) is 9. The Hall–Kier alpha value is -3.36. The van der Waals surface area contributed by atoms with Crippen molar-refractivity contribution in [2.45, 2.75) is 19.2 Å². The summed E-state index contributed by atoms with van der Waals surface area (Å²) in [5.74, 6) is -1.01. The molecule has 1 amide bonds. The van der Waals surface area contributed by atoms with Gasteiger partial charge in [-0.05, 0) is 22.9 Å². The van der Waals surface area contributed by atoms with Gasteiger partial charge in [0.1, 0.15) is 21.5 Å². The van der Waals surface area contributed by atoms with Gasteiger partial charge >= 0.3 is 5.69 Å². The third-order valence-electron chi connectivity index (χ3n) is 4.75. The number of hydrogen-bond donors (Lipinski definition) is 2. The van der Waals surface area contributed by atoms with E-state index in [-0.39, 0.29) is 36.8 Å². The number of aromatic nitrogens is 6. The molecule has 0 aliphatic heterocycles. The molecule has 15 heteroatoms. The average Bonchev–Trinajstić information content (AvgIpc) is 3.20. The zero-order chi connectivity index (χ0) is 25.0. The van der Waals surface area contributed by atoms with Gasteiger partial charge in [-0.2, -0.15) is 4.80 Å². The molecule has 0 spiro atoms. The van der Waals surface area contributed by atoms with Crippen LogP contribution < -0.4 is 16.6 Å². The van der Waals surface area contributed by atoms with Gasteiger partial charge in [-0.3, -0.25) is 18.7 Å². The fourth-order valence-corrected chi connectivity index (χ4v) is 3.55. The van der Waals surface area contributed by atoms with Crippen molar-refractivity contribution >= 4 is 27.3 Å². The topological polar surface area (TPSA) is 171 Å². The van der Waals surface area contributed by atoms with Crippen molar-refractivity contribution in [3.8, 4) is 0 Å². The van der Waals surface area contributed by atoms with E-state index in [1.807, 2.05) is 0 Å². The highest BCUT2D eigenvalue weighted by atomic mass is 35.5. The van der Waals surface area contributed by atoms with Crippen molar-refractivity contribution < 1.29 is 18.3 Å². The van der Waals surface area contributed by atoms with Crippen LogP contribution in [-0.4, -0.2) is 67.3 Å². The molecule has 0 fully saturated rings. The molecular weight excluding hydrogens is 490 g/mol. The second kappa shape index (κ2) is 10.3. The standard InChI is InChI=1S/C19H22ClN7O6S/c1-25-18(30)14(17(29)21-7-8-34(2,32)33)9-26(19(25)31)11-16-22-24-27(23-16)10-15(28)12-3-5-13(20)6-4-12/h3-6,9,15,28H,7-8,10-11H2,1-2H3,(H,21,29)/t15-/m0/s1. The normalized spacial score (nSPS) is 12.5. The molecule has 0 saturated heterocycles. The Morgan fingerprint density at radius 1 is 1.24 bits per heavy atom. The van der Waals surface area contributed by atoms with E-state index >= 15 is 0 Å². The number of sulfone groups is 1. The molecule has 2 heterocycles. The lowest BCUT2D eigenvalue weighted by Crippen LogP contribution is -2.43. The molecule has 2 N–H and O–H groups in total. The van der Waals surface area contributed by atoms with Crippen LogP contribution in [-0.2, 0) is 30.0 Å². The van der Waals surface area contributed by atoms with E-state index in [9.17, 15) is 27.9 Å². The molecule has 1 atom stereocenters. The SMILES string of the molecule is Cn1c(=O)c(C(=O)NCCS(C)(=O)=O)cn(Cc2nnn(C[C@H](O)c3ccc(Cl)cc3)n2)c1=O. The first-order valence-electron chi connectivity index (χ1n) is 9.91. The molecular formula is C19H22ClN7O6S. The number of aliphatic hydroxyl groups is 1. The number of amides is 1. The Bertz CT molecular complexity index is 1410. The van der Waals surface area contributed by atoms with E-state index in [0.717, 1.165) is 26.4 Å². The molecule has 0 unspecified atom stereocenters. The summed E-state index contributed by atoms with van der Waals surface area (Å²) in [5.41, 5.74) is -1.29. The van der Waals surface area contributed by atoms with E-state index in [2.05, 4.69) is 20.7 Å². The van der Waals surface area contributed by atoms with Crippen molar-refractivity contribution in [1.82, 2.24) is 34.7 Å². The molecule has 1 aromatic carbocycles. The Labute approximate surface area is 198 Å². The monoisotopic (exact) mass is 511 g/mol. The highest BCUT2D eigenvalue weighted by molar-refractivity contribution is 7.90. The zero-order valence-electron chi connectivity index (χ0n) is 18.3. The lowest BCUT2D eigenvalue weighted by Gasteiger charge is -2.10. The summed E-state index contributed by atoms with van der Waals surface area (Å²) < 4.78 is 24.3. The minimum atomic E-state index is -3.30. The molecule has 2 aromatic heterocycles. The third kappa shape index (κ3) is 6.36. The molecule has 182 valence electrons. The molecule has 0 radical (unpaired) electrons. The highest BCUT2D eigenvalue weighted by Gasteiger charge is 2.18. The van der Waals surface area contributed by atoms with Gasteiger partial charge in [0, 0.05) is 31.1 Å². The summed E-state index contributed by atoms with van der Waals surface area (Å²) in [4.78, 5) is 38.4. The van der Waals surface area contributed by atoms with Gasteiger partial charge in [0.15, 0.2) is 5.82 Å². The number of carbonyl (C=O) groups excluding carboxylic acids is 1. The van der Waals surface area contributed by atoms with Gasteiger partial charge in [-0.15, -0.1) is 10.2 Å². The van der Waals surface area contributed by atoms with E-state index in [4.69, 9.17) is 11.6 Å². The number of tetrazole rings is 1. The summed E-state index contributed by atoms with van der Waals surface area (Å²) >= 11 is 5.84. The van der Waals surface area contributed by atoms with Crippen LogP contribution in [0.15, 0.2) is 40.1 Å². The largest absolute Gasteiger partial charge is 0.386 e. The second-order valence-electron chi connectivity index (χ2n) is 7.53. The Morgan fingerprint density at radius 3 is 2.56 bits per heavy atom. The molecule has 0 aliphatic rings. The van der Waals surface area contributed by atoms with Crippen LogP contribution in [0.5, 0.6) is 0 Å². The molecule has 0 aliphatic carbocycles. The second-order valence-corrected chi connectivity index (χ2v) is 10.2. The van der Waals surface area contributed by atoms with E-state index in [1.165, 1.54) is 7.05 Å². The summed E-state index contributed by atoms with van der Waals surface area (Å²) in [5, 5.41) is 25.1. The predicted molar refractivity (Wildman–Crippen MR) is 121 cm³/mol. The number of halogens is 1. The average molecular weight is 512 g/mol. The fraction of sp³-hybridized carbons (Fsp3) is 0.368. The van der Waals surface area contributed by atoms with Crippen LogP contribution in [0.25, 0.3) is 0 Å². The highest BCUT2D eigenvalue weighted by Crippen LogP contribution is 2.17. The van der Waals surface area contributed by atoms with Crippen LogP contribution in [0.1, 0.15) is 27.8 Å². The summed E-state index contributed by atoms with van der Waals surface area (Å²) in [7, 11) is -2.10. The van der Waals surface area contributed by atoms with Gasteiger partial charge < -0.3 is 10.4 Å². The Kier molecular flexibility index (Phi) is 7.64. The minimum Gasteiger partial charge on any atom is -0.386 e. The van der Waals surface area contributed by atoms with Crippen molar-refractivity contribution in [2.24, 2.45) is 7.05 Å². The zero-order valence-corrected chi connectivity index (χ0v) is 19.8. The van der Waals surface area contributed by atoms with Gasteiger partial charge in [0.25, 0.3) is 11.5 Å². The first kappa shape index (κ1) is 25.3. The summed E-state index contributed by atoms with van der Waals surface area (Å²) in [6.45, 7) is -0.399. The molecule has 0 bridgehead atoms.